The van der Waals surface area contributed by atoms with Gasteiger partial charge in [-0.25, -0.2) is 0 Å². The Hall–Kier alpha value is -5.97. The summed E-state index contributed by atoms with van der Waals surface area (Å²) in [6, 6.07) is 59.5. The molecule has 9 aromatic carbocycles. The first-order valence-corrected chi connectivity index (χ1v) is 18.3. The van der Waals surface area contributed by atoms with Crippen LogP contribution in [-0.4, -0.2) is 14.5 Å². The van der Waals surface area contributed by atoms with Crippen LogP contribution in [0, 0.1) is 6.57 Å². The quantitative estimate of drug-likeness (QED) is 0.0991. The molecule has 10 rings (SSSR count). The molecule has 1 aromatic heterocycles. The summed E-state index contributed by atoms with van der Waals surface area (Å²) in [5, 5.41) is 12.0. The van der Waals surface area contributed by atoms with Gasteiger partial charge in [0.1, 0.15) is 0 Å². The van der Waals surface area contributed by atoms with Crippen molar-refractivity contribution < 1.29 is 0 Å². The topological polar surface area (TPSA) is 4.36 Å². The summed E-state index contributed by atoms with van der Waals surface area (Å²) in [6.07, 6.45) is 0. The van der Waals surface area contributed by atoms with Gasteiger partial charge in [-0.1, -0.05) is 0 Å². The van der Waals surface area contributed by atoms with E-state index < -0.39 is 0 Å². The van der Waals surface area contributed by atoms with Crippen LogP contribution in [0.2, 0.25) is 0 Å². The number of nitrogens with zero attached hydrogens (tertiary/aromatic N) is 1. The molecule has 0 aliphatic heterocycles. The third-order valence-corrected chi connectivity index (χ3v) is 12.4. The third kappa shape index (κ3) is 4.17. The summed E-state index contributed by atoms with van der Waals surface area (Å²) in [5.41, 5.74) is 8.23. The van der Waals surface area contributed by atoms with Crippen molar-refractivity contribution in [1.29, 1.82) is 0 Å². The summed E-state index contributed by atoms with van der Waals surface area (Å²) in [6.45, 7) is 8.07. The van der Waals surface area contributed by atoms with Crippen molar-refractivity contribution in [2.45, 2.75) is 0 Å². The first kappa shape index (κ1) is 28.1. The van der Waals surface area contributed by atoms with Crippen molar-refractivity contribution in [3.8, 4) is 33.4 Å². The standard InChI is InChI=1S/C47H27NSe/c1-48-47-37-22-11-9-20-35(37)44(36-21-10-12-23-38(36)47)30-26-27-41-40(28-30)46-39(24-13-25-42(46)49-41)45-33-18-7-5-16-31(33)43(29-14-3-2-4-15-29)32-17-6-8-19-34(32)45/h2-28H. The number of hydrogen-bond donors (Lipinski definition) is 0. The Labute approximate surface area is 289 Å². The van der Waals surface area contributed by atoms with E-state index in [9.17, 15) is 0 Å². The molecule has 0 N–H and O–H groups in total. The number of benzene rings is 9. The van der Waals surface area contributed by atoms with Crippen molar-refractivity contribution in [2.24, 2.45) is 0 Å². The molecule has 0 amide bonds. The summed E-state index contributed by atoms with van der Waals surface area (Å²) in [7, 11) is 0. The van der Waals surface area contributed by atoms with Crippen molar-refractivity contribution in [3.63, 3.8) is 0 Å². The predicted molar refractivity (Wildman–Crippen MR) is 211 cm³/mol. The average Bonchev–Trinajstić information content (AvgIpc) is 3.54. The van der Waals surface area contributed by atoms with Gasteiger partial charge in [-0.2, -0.15) is 0 Å². The molecule has 49 heavy (non-hydrogen) atoms. The summed E-state index contributed by atoms with van der Waals surface area (Å²) >= 11 is 0.201. The molecule has 0 radical (unpaired) electrons. The maximum atomic E-state index is 8.07. The van der Waals surface area contributed by atoms with Gasteiger partial charge in [-0.05, 0) is 0 Å². The van der Waals surface area contributed by atoms with Crippen LogP contribution in [0.3, 0.4) is 0 Å². The summed E-state index contributed by atoms with van der Waals surface area (Å²) in [4.78, 5) is 4.02. The molecule has 0 aliphatic rings. The molecule has 0 aliphatic carbocycles. The molecule has 0 atom stereocenters. The second-order valence-electron chi connectivity index (χ2n) is 12.6. The molecular weight excluding hydrogens is 657 g/mol. The Morgan fingerprint density at radius 2 is 0.857 bits per heavy atom. The van der Waals surface area contributed by atoms with E-state index in [-0.39, 0.29) is 14.5 Å². The first-order chi connectivity index (χ1) is 24.3. The number of rotatable bonds is 3. The number of hydrogen-bond acceptors (Lipinski definition) is 0. The van der Waals surface area contributed by atoms with E-state index in [1.54, 1.807) is 0 Å². The van der Waals surface area contributed by atoms with Gasteiger partial charge in [-0.3, -0.25) is 0 Å². The van der Waals surface area contributed by atoms with E-state index in [1.807, 2.05) is 12.1 Å². The Bertz CT molecular complexity index is 2880. The van der Waals surface area contributed by atoms with Crippen LogP contribution in [0.4, 0.5) is 5.69 Å². The van der Waals surface area contributed by atoms with Crippen LogP contribution >= 0.6 is 0 Å². The molecule has 10 aromatic rings. The van der Waals surface area contributed by atoms with E-state index in [1.165, 1.54) is 74.2 Å². The molecule has 0 unspecified atom stereocenters. The second kappa shape index (κ2) is 11.0. The molecule has 226 valence electrons. The molecule has 1 nitrogen and oxygen atoms in total. The van der Waals surface area contributed by atoms with E-state index in [0.717, 1.165) is 27.2 Å². The van der Waals surface area contributed by atoms with Crippen molar-refractivity contribution in [3.05, 3.63) is 175 Å². The van der Waals surface area contributed by atoms with Gasteiger partial charge in [0, 0.05) is 0 Å². The fraction of sp³-hybridized carbons (Fsp3) is 0. The third-order valence-electron chi connectivity index (χ3n) is 10.1. The van der Waals surface area contributed by atoms with Crippen LogP contribution < -0.4 is 0 Å². The van der Waals surface area contributed by atoms with Crippen LogP contribution in [0.5, 0.6) is 0 Å². The van der Waals surface area contributed by atoms with Crippen molar-refractivity contribution >= 4 is 82.6 Å². The second-order valence-corrected chi connectivity index (χ2v) is 14.9. The van der Waals surface area contributed by atoms with E-state index >= 15 is 0 Å². The van der Waals surface area contributed by atoms with Gasteiger partial charge in [0.2, 0.25) is 0 Å². The Morgan fingerprint density at radius 3 is 1.43 bits per heavy atom. The fourth-order valence-electron chi connectivity index (χ4n) is 8.06. The SMILES string of the molecule is [C-]#[N+]c1c2ccccc2c(-c2ccc3[se]c4cccc(-c5c6ccccc6c(-c6ccccc6)c6ccccc56)c4c3c2)c2ccccc12. The molecule has 0 saturated carbocycles. The number of fused-ring (bicyclic) bond motifs is 7. The average molecular weight is 685 g/mol. The van der Waals surface area contributed by atoms with E-state index in [0.29, 0.717) is 0 Å². The fourth-order valence-corrected chi connectivity index (χ4v) is 10.4. The Morgan fingerprint density at radius 1 is 0.367 bits per heavy atom. The predicted octanol–water partition coefficient (Wildman–Crippen LogP) is 13.2. The van der Waals surface area contributed by atoms with Crippen molar-refractivity contribution in [1.82, 2.24) is 0 Å². The Balaban J connectivity index is 1.32. The summed E-state index contributed by atoms with van der Waals surface area (Å²) < 4.78 is 2.84. The molecule has 0 saturated heterocycles. The zero-order valence-corrected chi connectivity index (χ0v) is 28.2. The monoisotopic (exact) mass is 685 g/mol. The van der Waals surface area contributed by atoms with Crippen LogP contribution in [0.15, 0.2) is 164 Å². The molecular formula is C47H27NSe. The summed E-state index contributed by atoms with van der Waals surface area (Å²) in [5.74, 6) is 0. The van der Waals surface area contributed by atoms with Crippen LogP contribution in [-0.2, 0) is 0 Å². The normalized spacial score (nSPS) is 11.7. The van der Waals surface area contributed by atoms with Gasteiger partial charge < -0.3 is 0 Å². The van der Waals surface area contributed by atoms with Crippen LogP contribution in [0.1, 0.15) is 0 Å². The molecule has 2 heteroatoms. The van der Waals surface area contributed by atoms with Crippen molar-refractivity contribution in [2.75, 3.05) is 0 Å². The van der Waals surface area contributed by atoms with Gasteiger partial charge >= 0.3 is 291 Å². The first-order valence-electron chi connectivity index (χ1n) is 16.6. The molecule has 0 bridgehead atoms. The molecule has 0 fully saturated rings. The van der Waals surface area contributed by atoms with Gasteiger partial charge in [-0.15, -0.1) is 0 Å². The molecule has 0 spiro atoms. The minimum absolute atomic E-state index is 0.201. The minimum atomic E-state index is 0.201. The molecule has 1 heterocycles. The zero-order valence-electron chi connectivity index (χ0n) is 26.4. The maximum absolute atomic E-state index is 8.07. The van der Waals surface area contributed by atoms with Gasteiger partial charge in [0.05, 0.1) is 0 Å². The Kier molecular flexibility index (Phi) is 6.33. The van der Waals surface area contributed by atoms with E-state index in [2.05, 4.69) is 157 Å². The van der Waals surface area contributed by atoms with Gasteiger partial charge in [0.15, 0.2) is 0 Å². The van der Waals surface area contributed by atoms with E-state index in [4.69, 9.17) is 6.57 Å². The van der Waals surface area contributed by atoms with Gasteiger partial charge in [0.25, 0.3) is 0 Å². The zero-order chi connectivity index (χ0) is 32.5. The van der Waals surface area contributed by atoms with Crippen LogP contribution in [0.25, 0.3) is 101 Å².